The van der Waals surface area contributed by atoms with Crippen molar-refractivity contribution >= 4 is 94.5 Å². The van der Waals surface area contributed by atoms with Gasteiger partial charge in [0.05, 0.1) is 39.9 Å². The molecule has 9 nitrogen and oxygen atoms in total. The van der Waals surface area contributed by atoms with Gasteiger partial charge in [-0.2, -0.15) is 0 Å². The summed E-state index contributed by atoms with van der Waals surface area (Å²) in [4.78, 5) is 45.1. The van der Waals surface area contributed by atoms with Crippen molar-refractivity contribution < 1.29 is 0 Å². The number of hydrogen-bond acceptors (Lipinski definition) is 12. The van der Waals surface area contributed by atoms with E-state index in [0.29, 0.717) is 0 Å². The third-order valence-corrected chi connectivity index (χ3v) is 31.8. The van der Waals surface area contributed by atoms with Crippen molar-refractivity contribution in [2.45, 2.75) is 57.8 Å². The van der Waals surface area contributed by atoms with Crippen LogP contribution >= 0.6 is 34.0 Å². The fourth-order valence-corrected chi connectivity index (χ4v) is 25.1. The van der Waals surface area contributed by atoms with E-state index in [-0.39, 0.29) is 16.2 Å². The zero-order valence-corrected chi connectivity index (χ0v) is 79.0. The second-order valence-corrected chi connectivity index (χ2v) is 40.5. The Bertz CT molecular complexity index is 8640. The summed E-state index contributed by atoms with van der Waals surface area (Å²) in [6.45, 7) is 13.8. The van der Waals surface area contributed by atoms with Gasteiger partial charge in [-0.25, -0.2) is 29.9 Å². The summed E-state index contributed by atoms with van der Waals surface area (Å²) in [6.07, 6.45) is 9.18. The maximum absolute atomic E-state index is 5.40. The molecule has 0 N–H and O–H groups in total. The number of pyridine rings is 3. The minimum atomic E-state index is -0.253. The van der Waals surface area contributed by atoms with E-state index in [2.05, 4.69) is 408 Å². The Hall–Kier alpha value is -16.4. The molecular weight excluding hydrogens is 1740 g/mol. The summed E-state index contributed by atoms with van der Waals surface area (Å²) in [6, 6.07) is 138. The van der Waals surface area contributed by atoms with Crippen molar-refractivity contribution in [3.8, 4) is 169 Å². The van der Waals surface area contributed by atoms with Crippen LogP contribution < -0.4 is 0 Å². The Morgan fingerprint density at radius 3 is 0.899 bits per heavy atom. The lowest BCUT2D eigenvalue weighted by Gasteiger charge is -2.24. The van der Waals surface area contributed by atoms with Crippen LogP contribution in [0.4, 0.5) is 0 Å². The summed E-state index contributed by atoms with van der Waals surface area (Å²) in [5, 5.41) is 7.85. The van der Waals surface area contributed by atoms with Gasteiger partial charge in [-0.15, -0.1) is 34.0 Å². The van der Waals surface area contributed by atoms with Gasteiger partial charge in [0.2, 0.25) is 0 Å². The number of thiophene rings is 3. The molecule has 0 radical (unpaired) electrons. The van der Waals surface area contributed by atoms with E-state index in [1.54, 1.807) is 6.20 Å². The summed E-state index contributed by atoms with van der Waals surface area (Å²) in [5.41, 5.74) is 36.3. The molecule has 0 spiro atoms. The average molecular weight is 1820 g/mol. The van der Waals surface area contributed by atoms with Crippen molar-refractivity contribution in [3.05, 3.63) is 453 Å². The minimum absolute atomic E-state index is 0.244. The zero-order valence-electron chi connectivity index (χ0n) is 76.6. The molecule has 3 aliphatic carbocycles. The summed E-state index contributed by atoms with van der Waals surface area (Å²) >= 11 is 5.60. The molecular formula is C126H87N9S3. The van der Waals surface area contributed by atoms with Crippen molar-refractivity contribution in [1.82, 2.24) is 44.9 Å². The Morgan fingerprint density at radius 2 is 0.500 bits per heavy atom. The van der Waals surface area contributed by atoms with Crippen molar-refractivity contribution in [2.75, 3.05) is 0 Å². The zero-order chi connectivity index (χ0) is 92.5. The normalized spacial score (nSPS) is 13.2. The van der Waals surface area contributed by atoms with Crippen molar-refractivity contribution in [2.24, 2.45) is 0 Å². The predicted molar refractivity (Wildman–Crippen MR) is 576 cm³/mol. The molecule has 9 heterocycles. The van der Waals surface area contributed by atoms with E-state index in [9.17, 15) is 0 Å². The third-order valence-electron chi connectivity index (χ3n) is 28.1. The van der Waals surface area contributed by atoms with E-state index in [1.807, 2.05) is 95.2 Å². The number of rotatable bonds is 12. The first-order valence-electron chi connectivity index (χ1n) is 46.8. The first-order valence-corrected chi connectivity index (χ1v) is 49.3. The Kier molecular flexibility index (Phi) is 20.3. The lowest BCUT2D eigenvalue weighted by molar-refractivity contribution is 0.657. The second-order valence-electron chi connectivity index (χ2n) is 37.4. The second kappa shape index (κ2) is 33.6. The maximum atomic E-state index is 5.40. The van der Waals surface area contributed by atoms with Gasteiger partial charge in [0.25, 0.3) is 0 Å². The molecule has 138 heavy (non-hydrogen) atoms. The summed E-state index contributed by atoms with van der Waals surface area (Å²) in [5.74, 6) is 2.19. The van der Waals surface area contributed by atoms with Crippen LogP contribution in [0.1, 0.15) is 74.9 Å². The molecule has 0 saturated heterocycles. The number of fused-ring (bicyclic) bond motifs is 18. The standard InChI is InChI=1S/3C42H29N3S/c1-42(2)35-17-5-3-14-34(35)39-37(42)38(44-41(45-39)27-21-19-26(20-22-27)30-12-9-23-43-25-30)29-11-7-10-28(24-29)31-15-8-16-33-32-13-4-6-18-36(32)46-40(31)33;1-42(2)35-15-5-3-12-34(35)39-37(42)38(44-41(45-39)28-19-17-26(18-20-28)27-21-23-43-24-22-27)30-10-7-9-29(25-30)31-13-8-14-33-32-11-4-6-16-36(32)46-40(31)33;1-42(2)34-20-5-3-17-33(34)39-37(42)38(44-41(45-39)29-15-10-13-27(25-29)35-21-7-8-23-43-35)28-14-9-12-26(24-28)30-18-11-19-32-31-16-4-6-22-36(31)46-40(30)32/h3*3-25H,1-2H3. The van der Waals surface area contributed by atoms with E-state index in [1.165, 1.54) is 144 Å². The Labute approximate surface area is 812 Å². The van der Waals surface area contributed by atoms with E-state index < -0.39 is 0 Å². The van der Waals surface area contributed by atoms with Gasteiger partial charge in [-0.1, -0.05) is 357 Å². The van der Waals surface area contributed by atoms with Gasteiger partial charge in [0, 0.05) is 180 Å². The SMILES string of the molecule is CC1(C)c2ccccc2-c2nc(-c3ccc(-c4cccnc4)cc3)nc(-c3cccc(-c4cccc5c4sc4ccccc45)c3)c21.CC1(C)c2ccccc2-c2nc(-c3ccc(-c4ccncc4)cc3)nc(-c3cccc(-c4cccc5c4sc4ccccc45)c3)c21.CC1(C)c2ccccc2-c2nc(-c3cccc(-c4ccccn4)c3)nc(-c3cccc(-c4cccc5c4sc4ccccc45)c3)c21. The van der Waals surface area contributed by atoms with E-state index in [0.717, 1.165) is 119 Å². The fourth-order valence-electron chi connectivity index (χ4n) is 21.3. The van der Waals surface area contributed by atoms with Crippen LogP contribution in [-0.4, -0.2) is 44.9 Å². The molecule has 654 valence electrons. The monoisotopic (exact) mass is 1820 g/mol. The van der Waals surface area contributed by atoms with E-state index in [4.69, 9.17) is 29.9 Å². The highest BCUT2D eigenvalue weighted by atomic mass is 32.1. The van der Waals surface area contributed by atoms with Crippen molar-refractivity contribution in [3.63, 3.8) is 0 Å². The molecule has 9 aromatic heterocycles. The van der Waals surface area contributed by atoms with E-state index >= 15 is 0 Å². The largest absolute Gasteiger partial charge is 0.265 e. The highest BCUT2D eigenvalue weighted by Gasteiger charge is 2.44. The molecule has 24 aromatic rings. The van der Waals surface area contributed by atoms with Crippen LogP contribution in [0.25, 0.3) is 229 Å². The number of aromatic nitrogens is 9. The highest BCUT2D eigenvalue weighted by Crippen LogP contribution is 2.57. The summed E-state index contributed by atoms with van der Waals surface area (Å²) in [7, 11) is 0. The van der Waals surface area contributed by atoms with Gasteiger partial charge in [-0.3, -0.25) is 15.0 Å². The molecule has 0 aliphatic heterocycles. The van der Waals surface area contributed by atoms with Gasteiger partial charge in [0.1, 0.15) is 0 Å². The molecule has 3 aliphatic rings. The molecule has 15 aromatic carbocycles. The quantitative estimate of drug-likeness (QED) is 0.118. The highest BCUT2D eigenvalue weighted by molar-refractivity contribution is 7.27. The molecule has 27 rings (SSSR count). The lowest BCUT2D eigenvalue weighted by atomic mass is 9.80. The Morgan fingerprint density at radius 1 is 0.196 bits per heavy atom. The molecule has 0 atom stereocenters. The van der Waals surface area contributed by atoms with Gasteiger partial charge in [-0.05, 0) is 145 Å². The van der Waals surface area contributed by atoms with Crippen LogP contribution in [0.15, 0.2) is 419 Å². The van der Waals surface area contributed by atoms with Crippen LogP contribution in [-0.2, 0) is 16.2 Å². The Balaban J connectivity index is 0.000000110. The lowest BCUT2D eigenvalue weighted by Crippen LogP contribution is -2.17. The molecule has 0 bridgehead atoms. The number of nitrogens with zero attached hydrogens (tertiary/aromatic N) is 9. The van der Waals surface area contributed by atoms with Gasteiger partial charge >= 0.3 is 0 Å². The molecule has 0 unspecified atom stereocenters. The van der Waals surface area contributed by atoms with Gasteiger partial charge in [0.15, 0.2) is 17.5 Å². The topological polar surface area (TPSA) is 116 Å². The average Bonchev–Trinajstić information content (AvgIpc) is 1.57. The van der Waals surface area contributed by atoms with Crippen molar-refractivity contribution in [1.29, 1.82) is 0 Å². The predicted octanol–water partition coefficient (Wildman–Crippen LogP) is 33.6. The molecule has 0 saturated carbocycles. The number of benzene rings is 15. The molecule has 0 amide bonds. The van der Waals surface area contributed by atoms with Crippen LogP contribution in [0.3, 0.4) is 0 Å². The minimum Gasteiger partial charge on any atom is -0.265 e. The van der Waals surface area contributed by atoms with Crippen LogP contribution in [0.2, 0.25) is 0 Å². The number of hydrogen-bond donors (Lipinski definition) is 0. The molecule has 12 heteroatoms. The van der Waals surface area contributed by atoms with Gasteiger partial charge < -0.3 is 0 Å². The summed E-state index contributed by atoms with van der Waals surface area (Å²) < 4.78 is 7.88. The van der Waals surface area contributed by atoms with Crippen LogP contribution in [0, 0.1) is 0 Å². The first-order chi connectivity index (χ1) is 67.7. The van der Waals surface area contributed by atoms with Crippen LogP contribution in [0.5, 0.6) is 0 Å². The smallest absolute Gasteiger partial charge is 0.160 e. The first kappa shape index (κ1) is 83.5. The maximum Gasteiger partial charge on any atom is 0.160 e. The third kappa shape index (κ3) is 14.3. The molecule has 0 fully saturated rings. The fraction of sp³-hybridized carbons (Fsp3) is 0.0714.